The van der Waals surface area contributed by atoms with E-state index in [-0.39, 0.29) is 11.7 Å². The van der Waals surface area contributed by atoms with Crippen LogP contribution < -0.4 is 0 Å². The van der Waals surface area contributed by atoms with Gasteiger partial charge in [0, 0.05) is 18.6 Å². The van der Waals surface area contributed by atoms with Crippen molar-refractivity contribution >= 4 is 0 Å². The van der Waals surface area contributed by atoms with Crippen LogP contribution in [0.5, 0.6) is 0 Å². The molecular weight excluding hydrogens is 260 g/mol. The molecule has 128 valence electrons. The van der Waals surface area contributed by atoms with Gasteiger partial charge < -0.3 is 9.47 Å². The second-order valence-corrected chi connectivity index (χ2v) is 7.27. The summed E-state index contributed by atoms with van der Waals surface area (Å²) < 4.78 is 12.0. The first-order valence-electron chi connectivity index (χ1n) is 9.25. The van der Waals surface area contributed by atoms with E-state index >= 15 is 0 Å². The van der Waals surface area contributed by atoms with Gasteiger partial charge in [0.05, 0.1) is 0 Å². The summed E-state index contributed by atoms with van der Waals surface area (Å²) in [5, 5.41) is 0. The third kappa shape index (κ3) is 13.3. The zero-order valence-electron chi connectivity index (χ0n) is 15.4. The molecule has 0 atom stereocenters. The molecule has 0 aromatic heterocycles. The molecule has 0 aliphatic carbocycles. The maximum absolute atomic E-state index is 5.99. The van der Waals surface area contributed by atoms with E-state index in [1.165, 1.54) is 51.4 Å². The molecule has 0 saturated heterocycles. The Bertz CT molecular complexity index is 192. The first-order valence-corrected chi connectivity index (χ1v) is 9.25. The second-order valence-electron chi connectivity index (χ2n) is 7.27. The molecule has 0 spiro atoms. The van der Waals surface area contributed by atoms with Crippen LogP contribution in [0.2, 0.25) is 0 Å². The summed E-state index contributed by atoms with van der Waals surface area (Å²) in [4.78, 5) is 0. The van der Waals surface area contributed by atoms with Gasteiger partial charge in [-0.25, -0.2) is 0 Å². The van der Waals surface area contributed by atoms with Gasteiger partial charge in [-0.3, -0.25) is 0 Å². The van der Waals surface area contributed by atoms with Crippen molar-refractivity contribution in [1.29, 1.82) is 0 Å². The first-order chi connectivity index (χ1) is 10.0. The van der Waals surface area contributed by atoms with E-state index in [2.05, 4.69) is 34.6 Å². The Hall–Kier alpha value is -0.0800. The van der Waals surface area contributed by atoms with Crippen molar-refractivity contribution in [1.82, 2.24) is 0 Å². The maximum Gasteiger partial charge on any atom is 0.162 e. The van der Waals surface area contributed by atoms with Gasteiger partial charge in [-0.2, -0.15) is 0 Å². The third-order valence-corrected chi connectivity index (χ3v) is 3.74. The normalized spacial score (nSPS) is 12.3. The topological polar surface area (TPSA) is 18.5 Å². The van der Waals surface area contributed by atoms with Gasteiger partial charge in [0.15, 0.2) is 6.29 Å². The minimum absolute atomic E-state index is 0.0603. The van der Waals surface area contributed by atoms with Crippen molar-refractivity contribution in [2.24, 2.45) is 5.41 Å². The van der Waals surface area contributed by atoms with E-state index < -0.39 is 0 Å². The molecule has 0 aliphatic heterocycles. The van der Waals surface area contributed by atoms with Crippen molar-refractivity contribution in [3.63, 3.8) is 0 Å². The molecule has 0 unspecified atom stereocenters. The summed E-state index contributed by atoms with van der Waals surface area (Å²) in [5.41, 5.74) is 0.0623. The van der Waals surface area contributed by atoms with Crippen LogP contribution >= 0.6 is 0 Å². The maximum atomic E-state index is 5.99. The lowest BCUT2D eigenvalue weighted by atomic mass is 9.96. The summed E-state index contributed by atoms with van der Waals surface area (Å²) in [7, 11) is 0. The van der Waals surface area contributed by atoms with Crippen LogP contribution in [0, 0.1) is 5.41 Å². The minimum Gasteiger partial charge on any atom is -0.352 e. The summed E-state index contributed by atoms with van der Waals surface area (Å²) in [5.74, 6) is 0. The summed E-state index contributed by atoms with van der Waals surface area (Å²) in [6, 6.07) is 0. The van der Waals surface area contributed by atoms with Gasteiger partial charge in [-0.05, 0) is 12.8 Å². The Morgan fingerprint density at radius 1 is 0.619 bits per heavy atom. The molecule has 0 heterocycles. The largest absolute Gasteiger partial charge is 0.352 e. The standard InChI is InChI=1S/C19H40O2/c1-6-8-10-12-14-16-20-18(19(3,4)5)21-17-15-13-11-9-7-2/h18H,6-17H2,1-5H3. The van der Waals surface area contributed by atoms with Gasteiger partial charge in [-0.1, -0.05) is 86.0 Å². The fourth-order valence-electron chi connectivity index (χ4n) is 2.34. The quantitative estimate of drug-likeness (QED) is 0.275. The first kappa shape index (κ1) is 20.9. The van der Waals surface area contributed by atoms with Crippen molar-refractivity contribution in [2.75, 3.05) is 13.2 Å². The Labute approximate surface area is 134 Å². The summed E-state index contributed by atoms with van der Waals surface area (Å²) >= 11 is 0. The highest BCUT2D eigenvalue weighted by atomic mass is 16.7. The lowest BCUT2D eigenvalue weighted by Crippen LogP contribution is -2.32. The molecule has 0 aromatic rings. The lowest BCUT2D eigenvalue weighted by Gasteiger charge is -2.30. The van der Waals surface area contributed by atoms with Crippen molar-refractivity contribution < 1.29 is 9.47 Å². The Morgan fingerprint density at radius 2 is 1.00 bits per heavy atom. The fourth-order valence-corrected chi connectivity index (χ4v) is 2.34. The van der Waals surface area contributed by atoms with Crippen LogP contribution in [-0.4, -0.2) is 19.5 Å². The lowest BCUT2D eigenvalue weighted by molar-refractivity contribution is -0.195. The number of unbranched alkanes of at least 4 members (excludes halogenated alkanes) is 8. The summed E-state index contributed by atoms with van der Waals surface area (Å²) in [6.45, 7) is 12.8. The summed E-state index contributed by atoms with van der Waals surface area (Å²) in [6.07, 6.45) is 12.8. The molecule has 0 fully saturated rings. The van der Waals surface area contributed by atoms with Crippen LogP contribution in [0.3, 0.4) is 0 Å². The highest BCUT2D eigenvalue weighted by Crippen LogP contribution is 2.24. The molecule has 2 heteroatoms. The van der Waals surface area contributed by atoms with Crippen LogP contribution in [0.25, 0.3) is 0 Å². The Morgan fingerprint density at radius 3 is 1.33 bits per heavy atom. The molecule has 0 aliphatic rings. The van der Waals surface area contributed by atoms with Gasteiger partial charge >= 0.3 is 0 Å². The van der Waals surface area contributed by atoms with Gasteiger partial charge in [0.2, 0.25) is 0 Å². The molecule has 0 radical (unpaired) electrons. The van der Waals surface area contributed by atoms with Crippen molar-refractivity contribution in [2.45, 2.75) is 105 Å². The predicted molar refractivity (Wildman–Crippen MR) is 92.7 cm³/mol. The molecule has 0 saturated carbocycles. The Kier molecular flexibility index (Phi) is 13.5. The molecular formula is C19H40O2. The van der Waals surface area contributed by atoms with Crippen LogP contribution in [0.15, 0.2) is 0 Å². The fraction of sp³-hybridized carbons (Fsp3) is 1.00. The smallest absolute Gasteiger partial charge is 0.162 e. The van der Waals surface area contributed by atoms with Gasteiger partial charge in [-0.15, -0.1) is 0 Å². The monoisotopic (exact) mass is 300 g/mol. The zero-order valence-corrected chi connectivity index (χ0v) is 15.4. The molecule has 0 N–H and O–H groups in total. The average Bonchev–Trinajstić information content (AvgIpc) is 2.42. The molecule has 0 bridgehead atoms. The average molecular weight is 301 g/mol. The molecule has 0 rings (SSSR count). The minimum atomic E-state index is -0.0603. The van der Waals surface area contributed by atoms with E-state index in [4.69, 9.17) is 9.47 Å². The van der Waals surface area contributed by atoms with E-state index in [1.807, 2.05) is 0 Å². The van der Waals surface area contributed by atoms with Crippen LogP contribution in [-0.2, 0) is 9.47 Å². The number of ether oxygens (including phenoxy) is 2. The van der Waals surface area contributed by atoms with Crippen molar-refractivity contribution in [3.05, 3.63) is 0 Å². The molecule has 0 amide bonds. The van der Waals surface area contributed by atoms with Crippen LogP contribution in [0.1, 0.15) is 98.8 Å². The van der Waals surface area contributed by atoms with E-state index in [0.29, 0.717) is 0 Å². The highest BCUT2D eigenvalue weighted by Gasteiger charge is 2.25. The van der Waals surface area contributed by atoms with Crippen molar-refractivity contribution in [3.8, 4) is 0 Å². The van der Waals surface area contributed by atoms with Gasteiger partial charge in [0.1, 0.15) is 0 Å². The number of rotatable bonds is 14. The van der Waals surface area contributed by atoms with E-state index in [1.54, 1.807) is 0 Å². The zero-order chi connectivity index (χ0) is 16.0. The molecule has 21 heavy (non-hydrogen) atoms. The number of hydrogen-bond donors (Lipinski definition) is 0. The molecule has 2 nitrogen and oxygen atoms in total. The second kappa shape index (κ2) is 13.6. The van der Waals surface area contributed by atoms with E-state index in [0.717, 1.165) is 26.1 Å². The SMILES string of the molecule is CCCCCCCOC(OCCCCCCC)C(C)(C)C. The van der Waals surface area contributed by atoms with Gasteiger partial charge in [0.25, 0.3) is 0 Å². The Balaban J connectivity index is 3.74. The van der Waals surface area contributed by atoms with E-state index in [9.17, 15) is 0 Å². The number of hydrogen-bond acceptors (Lipinski definition) is 2. The molecule has 0 aromatic carbocycles. The predicted octanol–water partition coefficient (Wildman–Crippen LogP) is 6.33. The highest BCUT2D eigenvalue weighted by molar-refractivity contribution is 4.66. The third-order valence-electron chi connectivity index (χ3n) is 3.74. The van der Waals surface area contributed by atoms with Crippen LogP contribution in [0.4, 0.5) is 0 Å².